The fraction of sp³-hybridized carbons (Fsp3) is 0.500. The highest BCUT2D eigenvalue weighted by Gasteiger charge is 2.21. The van der Waals surface area contributed by atoms with Crippen LogP contribution in [0.3, 0.4) is 0 Å². The summed E-state index contributed by atoms with van der Waals surface area (Å²) >= 11 is 6.29. The minimum absolute atomic E-state index is 0.496. The summed E-state index contributed by atoms with van der Waals surface area (Å²) in [6.45, 7) is 6.55. The topological polar surface area (TPSA) is 28.6 Å². The Hall–Kier alpha value is -1.36. The van der Waals surface area contributed by atoms with Gasteiger partial charge >= 0.3 is 0 Å². The van der Waals surface area contributed by atoms with Crippen molar-refractivity contribution in [2.24, 2.45) is 5.92 Å². The van der Waals surface area contributed by atoms with E-state index in [1.807, 2.05) is 18.3 Å². The van der Waals surface area contributed by atoms with Crippen LogP contribution in [0.15, 0.2) is 24.4 Å². The molecule has 1 aliphatic heterocycles. The van der Waals surface area contributed by atoms with Crippen LogP contribution in [0, 0.1) is 12.8 Å². The molecule has 0 saturated carbocycles. The summed E-state index contributed by atoms with van der Waals surface area (Å²) in [6, 6.07) is 6.09. The zero-order valence-corrected chi connectivity index (χ0v) is 14.8. The molecule has 1 aromatic carbocycles. The quantitative estimate of drug-likeness (QED) is 0.862. The molecule has 1 aliphatic rings. The number of hydrogen-bond donors (Lipinski definition) is 0. The van der Waals surface area contributed by atoms with Gasteiger partial charge in [-0.15, -0.1) is 0 Å². The highest BCUT2D eigenvalue weighted by molar-refractivity contribution is 6.31. The number of anilines is 1. The van der Waals surface area contributed by atoms with Crippen molar-refractivity contribution in [2.75, 3.05) is 51.8 Å². The van der Waals surface area contributed by atoms with Crippen molar-refractivity contribution in [3.05, 3.63) is 35.0 Å². The predicted octanol–water partition coefficient (Wildman–Crippen LogP) is 3.21. The maximum atomic E-state index is 6.29. The van der Waals surface area contributed by atoms with Crippen molar-refractivity contribution >= 4 is 28.2 Å². The van der Waals surface area contributed by atoms with E-state index >= 15 is 0 Å². The Morgan fingerprint density at radius 2 is 2.22 bits per heavy atom. The van der Waals surface area contributed by atoms with Crippen LogP contribution in [0.5, 0.6) is 0 Å². The van der Waals surface area contributed by atoms with E-state index in [-0.39, 0.29) is 0 Å². The standard InChI is InChI=1S/C18H24ClN3O/c1-13-8-15(19)9-16-17(4-5-20-18(13)16)22-6-7-23-12-14(11-22)10-21(2)3/h4-5,8-9,14H,6-7,10-12H2,1-3H3/t14-/m0/s1. The average Bonchev–Trinajstić information content (AvgIpc) is 2.71. The van der Waals surface area contributed by atoms with Gasteiger partial charge < -0.3 is 14.5 Å². The van der Waals surface area contributed by atoms with Gasteiger partial charge in [-0.1, -0.05) is 11.6 Å². The van der Waals surface area contributed by atoms with E-state index in [1.165, 1.54) is 5.69 Å². The molecular weight excluding hydrogens is 310 g/mol. The monoisotopic (exact) mass is 333 g/mol. The molecule has 3 rings (SSSR count). The Bertz CT molecular complexity index is 689. The smallest absolute Gasteiger partial charge is 0.0752 e. The van der Waals surface area contributed by atoms with Gasteiger partial charge in [0, 0.05) is 47.8 Å². The van der Waals surface area contributed by atoms with Crippen molar-refractivity contribution < 1.29 is 4.74 Å². The molecule has 0 spiro atoms. The zero-order chi connectivity index (χ0) is 16.4. The number of hydrogen-bond acceptors (Lipinski definition) is 4. The van der Waals surface area contributed by atoms with Gasteiger partial charge in [0.15, 0.2) is 0 Å². The number of fused-ring (bicyclic) bond motifs is 1. The second-order valence-electron chi connectivity index (χ2n) is 6.60. The molecule has 1 atom stereocenters. The molecule has 5 heteroatoms. The number of nitrogens with zero attached hydrogens (tertiary/aromatic N) is 3. The Morgan fingerprint density at radius 1 is 1.39 bits per heavy atom. The van der Waals surface area contributed by atoms with E-state index in [1.54, 1.807) is 0 Å². The van der Waals surface area contributed by atoms with Gasteiger partial charge in [-0.3, -0.25) is 4.98 Å². The van der Waals surface area contributed by atoms with E-state index in [0.717, 1.165) is 54.3 Å². The molecule has 1 saturated heterocycles. The molecule has 124 valence electrons. The third-order valence-electron chi connectivity index (χ3n) is 4.28. The maximum absolute atomic E-state index is 6.29. The summed E-state index contributed by atoms with van der Waals surface area (Å²) in [4.78, 5) is 9.19. The molecule has 0 N–H and O–H groups in total. The summed E-state index contributed by atoms with van der Waals surface area (Å²) in [5.41, 5.74) is 3.35. The van der Waals surface area contributed by atoms with Crippen LogP contribution >= 0.6 is 11.6 Å². The Kier molecular flexibility index (Phi) is 5.05. The summed E-state index contributed by atoms with van der Waals surface area (Å²) in [7, 11) is 4.22. The van der Waals surface area contributed by atoms with Gasteiger partial charge in [-0.2, -0.15) is 0 Å². The van der Waals surface area contributed by atoms with Crippen LogP contribution in [-0.4, -0.2) is 56.8 Å². The number of benzene rings is 1. The van der Waals surface area contributed by atoms with Crippen LogP contribution in [0.1, 0.15) is 5.56 Å². The molecule has 0 bridgehead atoms. The van der Waals surface area contributed by atoms with Crippen molar-refractivity contribution in [2.45, 2.75) is 6.92 Å². The molecule has 2 aromatic rings. The fourth-order valence-electron chi connectivity index (χ4n) is 3.38. The number of aromatic nitrogens is 1. The van der Waals surface area contributed by atoms with E-state index < -0.39 is 0 Å². The Labute approximate surface area is 143 Å². The number of pyridine rings is 1. The summed E-state index contributed by atoms with van der Waals surface area (Å²) < 4.78 is 5.81. The number of aryl methyl sites for hydroxylation is 1. The Balaban J connectivity index is 1.98. The van der Waals surface area contributed by atoms with Gasteiger partial charge in [0.2, 0.25) is 0 Å². The summed E-state index contributed by atoms with van der Waals surface area (Å²) in [6.07, 6.45) is 1.89. The van der Waals surface area contributed by atoms with Gasteiger partial charge in [0.05, 0.1) is 18.7 Å². The largest absolute Gasteiger partial charge is 0.379 e. The Morgan fingerprint density at radius 3 is 3.00 bits per heavy atom. The van der Waals surface area contributed by atoms with Gasteiger partial charge in [0.1, 0.15) is 0 Å². The first-order chi connectivity index (χ1) is 11.0. The molecule has 23 heavy (non-hydrogen) atoms. The first-order valence-electron chi connectivity index (χ1n) is 8.07. The van der Waals surface area contributed by atoms with E-state index in [4.69, 9.17) is 16.3 Å². The van der Waals surface area contributed by atoms with Gasteiger partial charge in [0.25, 0.3) is 0 Å². The molecule has 0 radical (unpaired) electrons. The molecule has 1 aromatic heterocycles. The lowest BCUT2D eigenvalue weighted by Gasteiger charge is -2.28. The molecule has 0 amide bonds. The van der Waals surface area contributed by atoms with Crippen LogP contribution in [-0.2, 0) is 4.74 Å². The van der Waals surface area contributed by atoms with Crippen molar-refractivity contribution in [1.29, 1.82) is 0 Å². The molecule has 0 aliphatic carbocycles. The molecule has 2 heterocycles. The second-order valence-corrected chi connectivity index (χ2v) is 7.03. The lowest BCUT2D eigenvalue weighted by molar-refractivity contribution is 0.113. The lowest BCUT2D eigenvalue weighted by Crippen LogP contribution is -2.35. The lowest BCUT2D eigenvalue weighted by atomic mass is 10.1. The highest BCUT2D eigenvalue weighted by atomic mass is 35.5. The first kappa shape index (κ1) is 16.5. The molecule has 0 unspecified atom stereocenters. The predicted molar refractivity (Wildman–Crippen MR) is 96.6 cm³/mol. The number of halogens is 1. The van der Waals surface area contributed by atoms with E-state index in [9.17, 15) is 0 Å². The van der Waals surface area contributed by atoms with Crippen LogP contribution in [0.2, 0.25) is 5.02 Å². The first-order valence-corrected chi connectivity index (χ1v) is 8.44. The highest BCUT2D eigenvalue weighted by Crippen LogP contribution is 2.31. The minimum atomic E-state index is 0.496. The molecular formula is C18H24ClN3O. The normalized spacial score (nSPS) is 19.3. The van der Waals surface area contributed by atoms with Crippen LogP contribution in [0.4, 0.5) is 5.69 Å². The maximum Gasteiger partial charge on any atom is 0.0752 e. The van der Waals surface area contributed by atoms with Gasteiger partial charge in [-0.25, -0.2) is 0 Å². The number of rotatable bonds is 3. The minimum Gasteiger partial charge on any atom is -0.379 e. The molecule has 4 nitrogen and oxygen atoms in total. The fourth-order valence-corrected chi connectivity index (χ4v) is 3.65. The SMILES string of the molecule is Cc1cc(Cl)cc2c(N3CCOC[C@@H](CN(C)C)C3)ccnc12. The van der Waals surface area contributed by atoms with Crippen molar-refractivity contribution in [1.82, 2.24) is 9.88 Å². The second kappa shape index (κ2) is 7.04. The van der Waals surface area contributed by atoms with E-state index in [2.05, 4.69) is 41.9 Å². The third kappa shape index (κ3) is 3.77. The third-order valence-corrected chi connectivity index (χ3v) is 4.50. The van der Waals surface area contributed by atoms with Crippen molar-refractivity contribution in [3.8, 4) is 0 Å². The molecule has 1 fully saturated rings. The van der Waals surface area contributed by atoms with Crippen LogP contribution in [0.25, 0.3) is 10.9 Å². The van der Waals surface area contributed by atoms with Gasteiger partial charge in [-0.05, 0) is 44.8 Å². The summed E-state index contributed by atoms with van der Waals surface area (Å²) in [5, 5.41) is 1.89. The van der Waals surface area contributed by atoms with Crippen LogP contribution < -0.4 is 4.90 Å². The van der Waals surface area contributed by atoms with Crippen molar-refractivity contribution in [3.63, 3.8) is 0 Å². The summed E-state index contributed by atoms with van der Waals surface area (Å²) in [5.74, 6) is 0.496. The van der Waals surface area contributed by atoms with E-state index in [0.29, 0.717) is 5.92 Å². The zero-order valence-electron chi connectivity index (χ0n) is 14.1. The number of ether oxygens (including phenoxy) is 1. The average molecular weight is 334 g/mol.